The Bertz CT molecular complexity index is 1330. The fraction of sp³-hybridized carbons (Fsp3) is 0.429. The number of rotatable bonds is 9. The van der Waals surface area contributed by atoms with Gasteiger partial charge in [-0.3, -0.25) is 9.78 Å². The van der Waals surface area contributed by atoms with Crippen LogP contribution in [-0.2, 0) is 11.2 Å². The highest BCUT2D eigenvalue weighted by Gasteiger charge is 2.37. The SMILES string of the molecule is O=C(CCc1ccc(Cl)c(-c2nc(-c3ccc(OCC4CC4)cc3)nc(=O)[nH]2)c1)C1CCC(F)(F)CC1. The molecule has 2 aromatic carbocycles. The fourth-order valence-corrected chi connectivity index (χ4v) is 4.79. The quantitative estimate of drug-likeness (QED) is 0.354. The van der Waals surface area contributed by atoms with Gasteiger partial charge in [-0.2, -0.15) is 4.98 Å². The summed E-state index contributed by atoms with van der Waals surface area (Å²) in [5.41, 5.74) is 1.47. The number of hydrogen-bond donors (Lipinski definition) is 1. The molecule has 1 aromatic heterocycles. The van der Waals surface area contributed by atoms with Crippen molar-refractivity contribution in [2.75, 3.05) is 6.61 Å². The molecule has 2 saturated carbocycles. The first kappa shape index (κ1) is 25.5. The molecule has 0 saturated heterocycles. The summed E-state index contributed by atoms with van der Waals surface area (Å²) in [5.74, 6) is -1.01. The molecule has 0 aliphatic heterocycles. The first-order valence-electron chi connectivity index (χ1n) is 12.7. The third kappa shape index (κ3) is 6.60. The van der Waals surface area contributed by atoms with E-state index in [4.69, 9.17) is 16.3 Å². The Hall–Kier alpha value is -3.13. The van der Waals surface area contributed by atoms with Gasteiger partial charge in [-0.15, -0.1) is 0 Å². The number of halogens is 3. The number of nitrogens with zero attached hydrogens (tertiary/aromatic N) is 2. The molecule has 0 amide bonds. The Morgan fingerprint density at radius 1 is 1.05 bits per heavy atom. The average Bonchev–Trinajstić information content (AvgIpc) is 3.71. The summed E-state index contributed by atoms with van der Waals surface area (Å²) in [6, 6.07) is 12.6. The summed E-state index contributed by atoms with van der Waals surface area (Å²) in [5, 5.41) is 0.397. The van der Waals surface area contributed by atoms with Crippen molar-refractivity contribution in [1.29, 1.82) is 0 Å². The summed E-state index contributed by atoms with van der Waals surface area (Å²) >= 11 is 6.44. The van der Waals surface area contributed by atoms with Gasteiger partial charge < -0.3 is 4.74 Å². The van der Waals surface area contributed by atoms with E-state index in [1.165, 1.54) is 12.8 Å². The zero-order valence-corrected chi connectivity index (χ0v) is 21.1. The maximum Gasteiger partial charge on any atom is 0.348 e. The summed E-state index contributed by atoms with van der Waals surface area (Å²) < 4.78 is 32.6. The van der Waals surface area contributed by atoms with Crippen LogP contribution in [0.2, 0.25) is 5.02 Å². The summed E-state index contributed by atoms with van der Waals surface area (Å²) in [6.07, 6.45) is 3.14. The molecule has 194 valence electrons. The lowest BCUT2D eigenvalue weighted by molar-refractivity contribution is -0.126. The molecule has 5 rings (SSSR count). The van der Waals surface area contributed by atoms with Crippen LogP contribution < -0.4 is 10.4 Å². The second kappa shape index (κ2) is 10.7. The van der Waals surface area contributed by atoms with Gasteiger partial charge in [-0.25, -0.2) is 18.6 Å². The lowest BCUT2D eigenvalue weighted by Crippen LogP contribution is -2.28. The predicted octanol–water partition coefficient (Wildman–Crippen LogP) is 6.27. The minimum Gasteiger partial charge on any atom is -0.493 e. The Kier molecular flexibility index (Phi) is 7.38. The van der Waals surface area contributed by atoms with E-state index in [1.54, 1.807) is 12.1 Å². The number of benzene rings is 2. The number of H-pyrrole nitrogens is 1. The molecule has 2 aliphatic rings. The van der Waals surface area contributed by atoms with Gasteiger partial charge in [-0.1, -0.05) is 17.7 Å². The number of alkyl halides is 2. The van der Waals surface area contributed by atoms with Crippen LogP contribution in [0.25, 0.3) is 22.8 Å². The van der Waals surface area contributed by atoms with Crippen LogP contribution >= 0.6 is 11.6 Å². The van der Waals surface area contributed by atoms with Crippen molar-refractivity contribution in [3.63, 3.8) is 0 Å². The molecule has 37 heavy (non-hydrogen) atoms. The van der Waals surface area contributed by atoms with Crippen LogP contribution in [0.15, 0.2) is 47.3 Å². The maximum absolute atomic E-state index is 13.4. The van der Waals surface area contributed by atoms with Crippen molar-refractivity contribution in [3.05, 3.63) is 63.5 Å². The van der Waals surface area contributed by atoms with Crippen molar-refractivity contribution < 1.29 is 18.3 Å². The van der Waals surface area contributed by atoms with Crippen molar-refractivity contribution in [3.8, 4) is 28.5 Å². The van der Waals surface area contributed by atoms with Gasteiger partial charge in [0.1, 0.15) is 17.4 Å². The molecule has 1 heterocycles. The van der Waals surface area contributed by atoms with E-state index in [2.05, 4.69) is 15.0 Å². The highest BCUT2D eigenvalue weighted by atomic mass is 35.5. The first-order chi connectivity index (χ1) is 17.8. The highest BCUT2D eigenvalue weighted by Crippen LogP contribution is 2.37. The molecule has 6 nitrogen and oxygen atoms in total. The molecule has 0 spiro atoms. The van der Waals surface area contributed by atoms with Gasteiger partial charge >= 0.3 is 5.69 Å². The number of aromatic nitrogens is 3. The minimum atomic E-state index is -2.65. The Labute approximate surface area is 218 Å². The zero-order valence-electron chi connectivity index (χ0n) is 20.3. The molecule has 3 aromatic rings. The Balaban J connectivity index is 1.29. The number of carbonyl (C=O) groups is 1. The van der Waals surface area contributed by atoms with Crippen LogP contribution in [-0.4, -0.2) is 33.3 Å². The fourth-order valence-electron chi connectivity index (χ4n) is 4.58. The van der Waals surface area contributed by atoms with E-state index in [9.17, 15) is 18.4 Å². The standard InChI is InChI=1S/C28H28ClF2N3O3/c29-23-9-3-17(4-10-24(35)19-11-13-28(30,31)14-12-19)15-22(23)26-32-25(33-27(36)34-26)20-5-7-21(8-6-20)37-16-18-1-2-18/h3,5-9,15,18-19H,1-2,4,10-14,16H2,(H,32,33,34,36). The van der Waals surface area contributed by atoms with Crippen molar-refractivity contribution >= 4 is 17.4 Å². The van der Waals surface area contributed by atoms with Crippen LogP contribution in [0.5, 0.6) is 5.75 Å². The monoisotopic (exact) mass is 527 g/mol. The highest BCUT2D eigenvalue weighted by molar-refractivity contribution is 6.33. The van der Waals surface area contributed by atoms with Gasteiger partial charge in [0, 0.05) is 36.3 Å². The lowest BCUT2D eigenvalue weighted by Gasteiger charge is -2.27. The minimum absolute atomic E-state index is 0.00860. The number of nitrogens with one attached hydrogen (secondary N) is 1. The van der Waals surface area contributed by atoms with Gasteiger partial charge in [0.05, 0.1) is 11.6 Å². The van der Waals surface area contributed by atoms with Gasteiger partial charge in [0.25, 0.3) is 0 Å². The first-order valence-corrected chi connectivity index (χ1v) is 13.0. The van der Waals surface area contributed by atoms with E-state index in [1.807, 2.05) is 30.3 Å². The Morgan fingerprint density at radius 2 is 1.78 bits per heavy atom. The molecule has 1 N–H and O–H groups in total. The van der Waals surface area contributed by atoms with E-state index >= 15 is 0 Å². The number of Topliss-reactive ketones (excluding diaryl/α,β-unsaturated/α-hetero) is 1. The number of ketones is 1. The van der Waals surface area contributed by atoms with Crippen molar-refractivity contribution in [1.82, 2.24) is 15.0 Å². The number of ether oxygens (including phenoxy) is 1. The lowest BCUT2D eigenvalue weighted by atomic mass is 9.82. The van der Waals surface area contributed by atoms with E-state index in [0.717, 1.165) is 11.3 Å². The van der Waals surface area contributed by atoms with Gasteiger partial charge in [0.2, 0.25) is 5.92 Å². The molecule has 0 bridgehead atoms. The van der Waals surface area contributed by atoms with Crippen LogP contribution in [0.4, 0.5) is 8.78 Å². The third-order valence-corrected chi connectivity index (χ3v) is 7.39. The molecule has 2 fully saturated rings. The smallest absolute Gasteiger partial charge is 0.348 e. The van der Waals surface area contributed by atoms with E-state index in [0.29, 0.717) is 35.1 Å². The molecular weight excluding hydrogens is 500 g/mol. The van der Waals surface area contributed by atoms with Crippen LogP contribution in [0, 0.1) is 11.8 Å². The van der Waals surface area contributed by atoms with Gasteiger partial charge in [-0.05, 0) is 80.0 Å². The molecular formula is C28H28ClF2N3O3. The van der Waals surface area contributed by atoms with E-state index < -0.39 is 11.6 Å². The molecule has 9 heteroatoms. The molecule has 2 aliphatic carbocycles. The van der Waals surface area contributed by atoms with Gasteiger partial charge in [0.15, 0.2) is 5.82 Å². The topological polar surface area (TPSA) is 84.9 Å². The Morgan fingerprint density at radius 3 is 2.49 bits per heavy atom. The second-order valence-corrected chi connectivity index (χ2v) is 10.4. The van der Waals surface area contributed by atoms with Crippen molar-refractivity contribution in [2.45, 2.75) is 57.3 Å². The maximum atomic E-state index is 13.4. The number of carbonyl (C=O) groups excluding carboxylic acids is 1. The van der Waals surface area contributed by atoms with E-state index in [-0.39, 0.29) is 55.5 Å². The largest absolute Gasteiger partial charge is 0.493 e. The summed E-state index contributed by atoms with van der Waals surface area (Å²) in [6.45, 7) is 0.710. The second-order valence-electron chi connectivity index (χ2n) is 10.0. The molecule has 0 radical (unpaired) electrons. The number of aryl methyl sites for hydroxylation is 1. The summed E-state index contributed by atoms with van der Waals surface area (Å²) in [7, 11) is 0. The molecule has 0 atom stereocenters. The van der Waals surface area contributed by atoms with Crippen LogP contribution in [0.1, 0.15) is 50.5 Å². The normalized spacial score (nSPS) is 17.5. The predicted molar refractivity (Wildman–Crippen MR) is 137 cm³/mol. The average molecular weight is 528 g/mol. The molecule has 0 unspecified atom stereocenters. The number of aromatic amines is 1. The number of hydrogen-bond acceptors (Lipinski definition) is 5. The summed E-state index contributed by atoms with van der Waals surface area (Å²) in [4.78, 5) is 36.2. The van der Waals surface area contributed by atoms with Crippen molar-refractivity contribution in [2.24, 2.45) is 11.8 Å². The zero-order chi connectivity index (χ0) is 26.0. The van der Waals surface area contributed by atoms with Crippen LogP contribution in [0.3, 0.4) is 0 Å². The third-order valence-electron chi connectivity index (χ3n) is 7.06.